The van der Waals surface area contributed by atoms with Crippen molar-refractivity contribution in [3.8, 4) is 55.9 Å². The van der Waals surface area contributed by atoms with Gasteiger partial charge in [0.2, 0.25) is 0 Å². The number of benzene rings is 9. The Morgan fingerprint density at radius 2 is 0.945 bits per heavy atom. The molecule has 73 heavy (non-hydrogen) atoms. The lowest BCUT2D eigenvalue weighted by Gasteiger charge is -2.36. The van der Waals surface area contributed by atoms with Gasteiger partial charge in [0.1, 0.15) is 5.75 Å². The van der Waals surface area contributed by atoms with Crippen molar-refractivity contribution in [1.29, 1.82) is 0 Å². The lowest BCUT2D eigenvalue weighted by Crippen LogP contribution is -2.23. The third-order valence-electron chi connectivity index (χ3n) is 15.3. The zero-order chi connectivity index (χ0) is 50.8. The average molecular weight is 953 g/mol. The molecule has 0 N–H and O–H groups in total. The first-order valence-corrected chi connectivity index (χ1v) is 26.3. The summed E-state index contributed by atoms with van der Waals surface area (Å²) in [6, 6.07) is 76.7. The molecule has 0 spiro atoms. The molecule has 1 aliphatic rings. The number of anilines is 3. The molecule has 0 amide bonds. The maximum atomic E-state index is 6.08. The van der Waals surface area contributed by atoms with Gasteiger partial charge in [-0.15, -0.1) is 0 Å². The van der Waals surface area contributed by atoms with Crippen molar-refractivity contribution in [3.63, 3.8) is 0 Å². The summed E-state index contributed by atoms with van der Waals surface area (Å²) >= 11 is 0. The minimum Gasteiger partial charge on any atom is -0.491 e. The van der Waals surface area contributed by atoms with Gasteiger partial charge in [-0.05, 0) is 183 Å². The van der Waals surface area contributed by atoms with Crippen LogP contribution in [0.15, 0.2) is 206 Å². The Hall–Kier alpha value is -7.62. The maximum absolute atomic E-state index is 6.08. The van der Waals surface area contributed by atoms with Gasteiger partial charge in [0.05, 0.1) is 17.1 Å². The minimum atomic E-state index is -0.116. The molecule has 0 saturated carbocycles. The predicted octanol–water partition coefficient (Wildman–Crippen LogP) is 19.9. The fourth-order valence-electron chi connectivity index (χ4n) is 11.6. The Morgan fingerprint density at radius 1 is 0.466 bits per heavy atom. The molecule has 0 saturated heterocycles. The van der Waals surface area contributed by atoms with E-state index in [1.165, 1.54) is 83.0 Å². The monoisotopic (exact) mass is 953 g/mol. The normalized spacial score (nSPS) is 13.6. The van der Waals surface area contributed by atoms with Crippen molar-refractivity contribution >= 4 is 38.9 Å². The second-order valence-electron chi connectivity index (χ2n) is 23.5. The zero-order valence-corrected chi connectivity index (χ0v) is 44.3. The van der Waals surface area contributed by atoms with Gasteiger partial charge in [0.15, 0.2) is 0 Å². The third-order valence-corrected chi connectivity index (χ3v) is 15.3. The predicted molar refractivity (Wildman–Crippen MR) is 311 cm³/mol. The second-order valence-corrected chi connectivity index (χ2v) is 23.5. The highest BCUT2D eigenvalue weighted by Gasteiger charge is 2.36. The van der Waals surface area contributed by atoms with Crippen LogP contribution in [0, 0.1) is 10.8 Å². The molecule has 9 aromatic carbocycles. The molecule has 10 aromatic rings. The Kier molecular flexibility index (Phi) is 12.1. The first-order chi connectivity index (χ1) is 35.0. The highest BCUT2D eigenvalue weighted by atomic mass is 16.5. The second kappa shape index (κ2) is 18.5. The number of ether oxygens (including phenoxy) is 1. The lowest BCUT2D eigenvalue weighted by atomic mass is 9.69. The van der Waals surface area contributed by atoms with Gasteiger partial charge < -0.3 is 14.2 Å². The topological polar surface area (TPSA) is 17.4 Å². The van der Waals surface area contributed by atoms with E-state index in [2.05, 4.69) is 285 Å². The van der Waals surface area contributed by atoms with Crippen LogP contribution >= 0.6 is 0 Å². The summed E-state index contributed by atoms with van der Waals surface area (Å²) in [5.41, 5.74) is 21.1. The molecule has 1 atom stereocenters. The molecule has 0 bridgehead atoms. The van der Waals surface area contributed by atoms with E-state index in [1.54, 1.807) is 0 Å². The summed E-state index contributed by atoms with van der Waals surface area (Å²) < 4.78 is 8.48. The summed E-state index contributed by atoms with van der Waals surface area (Å²) in [6.45, 7) is 23.1. The number of rotatable bonds is 11. The van der Waals surface area contributed by atoms with E-state index in [1.807, 2.05) is 0 Å². The first-order valence-electron chi connectivity index (χ1n) is 26.3. The molecular weight excluding hydrogens is 885 g/mol. The molecule has 364 valence electrons. The molecule has 0 fully saturated rings. The zero-order valence-electron chi connectivity index (χ0n) is 44.3. The van der Waals surface area contributed by atoms with E-state index in [4.69, 9.17) is 4.74 Å². The third kappa shape index (κ3) is 9.16. The van der Waals surface area contributed by atoms with Gasteiger partial charge in [0.25, 0.3) is 0 Å². The van der Waals surface area contributed by atoms with E-state index in [9.17, 15) is 0 Å². The summed E-state index contributed by atoms with van der Waals surface area (Å²) in [7, 11) is 0. The fourth-order valence-corrected chi connectivity index (χ4v) is 11.6. The van der Waals surface area contributed by atoms with Crippen molar-refractivity contribution in [1.82, 2.24) is 4.57 Å². The van der Waals surface area contributed by atoms with Crippen molar-refractivity contribution in [2.45, 2.75) is 93.1 Å². The van der Waals surface area contributed by atoms with Crippen LogP contribution in [0.25, 0.3) is 72.0 Å². The van der Waals surface area contributed by atoms with Gasteiger partial charge in [-0.2, -0.15) is 0 Å². The molecule has 3 nitrogen and oxygen atoms in total. The smallest absolute Gasteiger partial charge is 0.119 e. The van der Waals surface area contributed by atoms with Crippen molar-refractivity contribution in [2.24, 2.45) is 10.8 Å². The highest BCUT2D eigenvalue weighted by Crippen LogP contribution is 2.51. The Balaban J connectivity index is 0.994. The SMILES string of the molecule is CC(C)Oc1ccc(-n2c3ccc(-c4ccc(C(CC(C)(C)C)C(C)(C)C)cc4)cc3c3cc(-c4ccc(N(c5ccc(-c6ccccc6)cc5)c5ccc6c(c5)C(C)(C)c5ccccc5-6)cc4)ccc32)cc1. The number of hydrogen-bond acceptors (Lipinski definition) is 2. The summed E-state index contributed by atoms with van der Waals surface area (Å²) in [4.78, 5) is 2.41. The molecule has 11 rings (SSSR count). The van der Waals surface area contributed by atoms with Gasteiger partial charge in [-0.3, -0.25) is 0 Å². The van der Waals surface area contributed by atoms with Crippen molar-refractivity contribution in [2.75, 3.05) is 4.90 Å². The van der Waals surface area contributed by atoms with Crippen molar-refractivity contribution in [3.05, 3.63) is 223 Å². The molecule has 1 aliphatic carbocycles. The maximum Gasteiger partial charge on any atom is 0.119 e. The van der Waals surface area contributed by atoms with Crippen molar-refractivity contribution < 1.29 is 4.74 Å². The summed E-state index contributed by atoms with van der Waals surface area (Å²) in [5, 5.41) is 2.45. The molecule has 1 aromatic heterocycles. The summed E-state index contributed by atoms with van der Waals surface area (Å²) in [6.07, 6.45) is 1.25. The number of fused-ring (bicyclic) bond motifs is 6. The van der Waals surface area contributed by atoms with E-state index in [0.29, 0.717) is 5.92 Å². The van der Waals surface area contributed by atoms with Gasteiger partial charge in [0, 0.05) is 38.9 Å². The van der Waals surface area contributed by atoms with Gasteiger partial charge >= 0.3 is 0 Å². The van der Waals surface area contributed by atoms with Crippen LogP contribution in [0.4, 0.5) is 17.1 Å². The number of nitrogens with zero attached hydrogens (tertiary/aromatic N) is 2. The lowest BCUT2D eigenvalue weighted by molar-refractivity contribution is 0.229. The van der Waals surface area contributed by atoms with E-state index in [0.717, 1.165) is 34.9 Å². The minimum absolute atomic E-state index is 0.108. The first kappa shape index (κ1) is 47.7. The van der Waals surface area contributed by atoms with Gasteiger partial charge in [-0.25, -0.2) is 0 Å². The van der Waals surface area contributed by atoms with Crippen LogP contribution < -0.4 is 9.64 Å². The largest absolute Gasteiger partial charge is 0.491 e. The fraction of sp³-hybridized carbons (Fsp3) is 0.229. The van der Waals surface area contributed by atoms with Crippen LogP contribution in [-0.4, -0.2) is 10.7 Å². The standard InChI is InChI=1S/C70H68N2O/c1-46(2)73-58-37-34-56(35-38-58)72-66-40-28-52(49-20-22-51(23-21-49)65(69(6,7)8)45-68(3,4)5)42-61(66)62-43-53(29-41-67(62)72)50-26-32-55(33-27-50)71(54-30-24-48(25-31-54)47-16-12-11-13-17-47)57-36-39-60-59-18-14-15-19-63(59)70(9,10)64(60)44-57/h11-44,46,65H,45H2,1-10H3. The molecular formula is C70H68N2O. The Bertz CT molecular complexity index is 3600. The van der Waals surface area contributed by atoms with Crippen LogP contribution in [0.1, 0.15) is 98.3 Å². The molecule has 3 heteroatoms. The number of aromatic nitrogens is 1. The van der Waals surface area contributed by atoms with Crippen LogP contribution in [0.3, 0.4) is 0 Å². The van der Waals surface area contributed by atoms with Crippen LogP contribution in [0.5, 0.6) is 5.75 Å². The van der Waals surface area contributed by atoms with Gasteiger partial charge in [-0.1, -0.05) is 177 Å². The van der Waals surface area contributed by atoms with E-state index in [-0.39, 0.29) is 22.3 Å². The Morgan fingerprint density at radius 3 is 1.49 bits per heavy atom. The molecule has 0 aliphatic heterocycles. The van der Waals surface area contributed by atoms with Crippen LogP contribution in [0.2, 0.25) is 0 Å². The highest BCUT2D eigenvalue weighted by molar-refractivity contribution is 6.11. The molecule has 1 heterocycles. The van der Waals surface area contributed by atoms with E-state index >= 15 is 0 Å². The quantitative estimate of drug-likeness (QED) is 0.129. The number of hydrogen-bond donors (Lipinski definition) is 0. The van der Waals surface area contributed by atoms with Crippen LogP contribution in [-0.2, 0) is 5.41 Å². The average Bonchev–Trinajstić information content (AvgIpc) is 3.83. The van der Waals surface area contributed by atoms with E-state index < -0.39 is 0 Å². The molecule has 0 radical (unpaired) electrons. The Labute approximate surface area is 433 Å². The summed E-state index contributed by atoms with van der Waals surface area (Å²) in [5.74, 6) is 1.34. The molecule has 1 unspecified atom stereocenters.